The van der Waals surface area contributed by atoms with E-state index in [1.54, 1.807) is 0 Å². The van der Waals surface area contributed by atoms with Gasteiger partial charge >= 0.3 is 0 Å². The lowest BCUT2D eigenvalue weighted by molar-refractivity contribution is 0.0866. The number of benzene rings is 1. The zero-order valence-electron chi connectivity index (χ0n) is 11.5. The van der Waals surface area contributed by atoms with E-state index in [2.05, 4.69) is 5.32 Å². The molecule has 2 atom stereocenters. The van der Waals surface area contributed by atoms with Gasteiger partial charge in [0.1, 0.15) is 0 Å². The van der Waals surface area contributed by atoms with Crippen molar-refractivity contribution in [1.82, 2.24) is 5.32 Å². The van der Waals surface area contributed by atoms with Crippen molar-refractivity contribution in [3.63, 3.8) is 0 Å². The maximum absolute atomic E-state index is 12.2. The molecule has 1 fully saturated rings. The molecule has 1 aliphatic heterocycles. The van der Waals surface area contributed by atoms with Gasteiger partial charge in [0.15, 0.2) is 0 Å². The first-order valence-electron chi connectivity index (χ1n) is 6.37. The molecular weight excluding hydrogens is 337 g/mol. The van der Waals surface area contributed by atoms with Crippen molar-refractivity contribution < 1.29 is 17.9 Å². The number of ether oxygens (including phenoxy) is 1. The first kappa shape index (κ1) is 16.5. The van der Waals surface area contributed by atoms with Crippen molar-refractivity contribution in [1.29, 1.82) is 0 Å². The Morgan fingerprint density at radius 1 is 1.43 bits per heavy atom. The second kappa shape index (κ2) is 6.12. The Morgan fingerprint density at radius 2 is 2.10 bits per heavy atom. The third-order valence-electron chi connectivity index (χ3n) is 3.51. The summed E-state index contributed by atoms with van der Waals surface area (Å²) in [5.41, 5.74) is 0.477. The molecule has 2 rings (SSSR count). The molecule has 8 heteroatoms. The van der Waals surface area contributed by atoms with Crippen LogP contribution in [0.4, 0.5) is 0 Å². The molecule has 1 heterocycles. The summed E-state index contributed by atoms with van der Waals surface area (Å²) in [6.07, 6.45) is 0.638. The standard InChI is InChI=1S/C13H15Cl2NO4S/c1-7-10(14)5-9(6-12(7)21(15,18)19)13(17)16-11-3-4-20-8(11)2/h5-6,8,11H,3-4H2,1-2H3,(H,16,17). The molecule has 5 nitrogen and oxygen atoms in total. The first-order valence-corrected chi connectivity index (χ1v) is 9.06. The van der Waals surface area contributed by atoms with Gasteiger partial charge in [-0.25, -0.2) is 8.42 Å². The number of carbonyl (C=O) groups excluding carboxylic acids is 1. The molecule has 0 spiro atoms. The lowest BCUT2D eigenvalue weighted by Gasteiger charge is -2.16. The predicted octanol–water partition coefficient (Wildman–Crippen LogP) is 2.48. The highest BCUT2D eigenvalue weighted by atomic mass is 35.7. The third-order valence-corrected chi connectivity index (χ3v) is 5.35. The van der Waals surface area contributed by atoms with Gasteiger partial charge in [-0.1, -0.05) is 11.6 Å². The summed E-state index contributed by atoms with van der Waals surface area (Å²) in [6.45, 7) is 3.99. The molecule has 1 aromatic rings. The van der Waals surface area contributed by atoms with Crippen LogP contribution in [-0.4, -0.2) is 33.1 Å². The summed E-state index contributed by atoms with van der Waals surface area (Å²) >= 11 is 5.99. The molecule has 21 heavy (non-hydrogen) atoms. The number of carbonyl (C=O) groups is 1. The normalized spacial score (nSPS) is 22.3. The van der Waals surface area contributed by atoms with Crippen LogP contribution in [0.2, 0.25) is 5.02 Å². The van der Waals surface area contributed by atoms with Gasteiger partial charge in [-0.05, 0) is 38.0 Å². The van der Waals surface area contributed by atoms with E-state index in [0.29, 0.717) is 18.6 Å². The Bertz CT molecular complexity index is 675. The minimum absolute atomic E-state index is 0.0777. The molecule has 1 aliphatic rings. The Hall–Kier alpha value is -0.820. The average molecular weight is 352 g/mol. The van der Waals surface area contributed by atoms with Crippen LogP contribution in [0.25, 0.3) is 0 Å². The smallest absolute Gasteiger partial charge is 0.261 e. The van der Waals surface area contributed by atoms with Crippen molar-refractivity contribution >= 4 is 37.2 Å². The van der Waals surface area contributed by atoms with Crippen LogP contribution in [0.1, 0.15) is 29.3 Å². The maximum atomic E-state index is 12.2. The summed E-state index contributed by atoms with van der Waals surface area (Å²) in [5, 5.41) is 2.99. The highest BCUT2D eigenvalue weighted by Gasteiger charge is 2.27. The van der Waals surface area contributed by atoms with Crippen LogP contribution in [-0.2, 0) is 13.8 Å². The van der Waals surface area contributed by atoms with E-state index >= 15 is 0 Å². The predicted molar refractivity (Wildman–Crippen MR) is 80.5 cm³/mol. The van der Waals surface area contributed by atoms with Crippen molar-refractivity contribution in [2.45, 2.75) is 37.3 Å². The molecule has 1 N–H and O–H groups in total. The highest BCUT2D eigenvalue weighted by molar-refractivity contribution is 8.13. The molecule has 1 aromatic carbocycles. The zero-order chi connectivity index (χ0) is 15.8. The number of nitrogens with one attached hydrogen (secondary N) is 1. The van der Waals surface area contributed by atoms with E-state index in [9.17, 15) is 13.2 Å². The van der Waals surface area contributed by atoms with Crippen LogP contribution < -0.4 is 5.32 Å². The van der Waals surface area contributed by atoms with Gasteiger partial charge in [0.05, 0.1) is 17.0 Å². The molecule has 1 saturated heterocycles. The van der Waals surface area contributed by atoms with E-state index in [1.807, 2.05) is 6.92 Å². The lowest BCUT2D eigenvalue weighted by Crippen LogP contribution is -2.39. The highest BCUT2D eigenvalue weighted by Crippen LogP contribution is 2.28. The number of hydrogen-bond acceptors (Lipinski definition) is 4. The minimum atomic E-state index is -3.97. The number of amides is 1. The van der Waals surface area contributed by atoms with E-state index in [1.165, 1.54) is 19.1 Å². The van der Waals surface area contributed by atoms with Crippen molar-refractivity contribution in [3.8, 4) is 0 Å². The van der Waals surface area contributed by atoms with Gasteiger partial charge < -0.3 is 10.1 Å². The fourth-order valence-corrected chi connectivity index (χ4v) is 3.71. The molecule has 0 aromatic heterocycles. The Morgan fingerprint density at radius 3 is 2.62 bits per heavy atom. The van der Waals surface area contributed by atoms with E-state index in [-0.39, 0.29) is 27.6 Å². The fraction of sp³-hybridized carbons (Fsp3) is 0.462. The van der Waals surface area contributed by atoms with Crippen molar-refractivity contribution in [3.05, 3.63) is 28.3 Å². The van der Waals surface area contributed by atoms with Crippen molar-refractivity contribution in [2.24, 2.45) is 0 Å². The van der Waals surface area contributed by atoms with Gasteiger partial charge in [0.2, 0.25) is 0 Å². The van der Waals surface area contributed by atoms with Gasteiger partial charge in [0, 0.05) is 27.9 Å². The molecule has 0 aliphatic carbocycles. The monoisotopic (exact) mass is 351 g/mol. The maximum Gasteiger partial charge on any atom is 0.261 e. The summed E-state index contributed by atoms with van der Waals surface area (Å²) in [7, 11) is 1.40. The van der Waals surface area contributed by atoms with Gasteiger partial charge in [-0.15, -0.1) is 0 Å². The Kier molecular flexibility index (Phi) is 4.82. The number of hydrogen-bond donors (Lipinski definition) is 1. The first-order chi connectivity index (χ1) is 9.70. The van der Waals surface area contributed by atoms with Crippen LogP contribution in [0.15, 0.2) is 17.0 Å². The van der Waals surface area contributed by atoms with Gasteiger partial charge in [-0.3, -0.25) is 4.79 Å². The molecule has 0 bridgehead atoms. The lowest BCUT2D eigenvalue weighted by atomic mass is 10.1. The van der Waals surface area contributed by atoms with E-state index < -0.39 is 15.0 Å². The van der Waals surface area contributed by atoms with Crippen LogP contribution in [0.3, 0.4) is 0 Å². The van der Waals surface area contributed by atoms with E-state index in [4.69, 9.17) is 27.0 Å². The van der Waals surface area contributed by atoms with Gasteiger partial charge in [-0.2, -0.15) is 0 Å². The van der Waals surface area contributed by atoms with E-state index in [0.717, 1.165) is 0 Å². The molecule has 0 saturated carbocycles. The minimum Gasteiger partial charge on any atom is -0.376 e. The molecule has 116 valence electrons. The largest absolute Gasteiger partial charge is 0.376 e. The topological polar surface area (TPSA) is 72.5 Å². The average Bonchev–Trinajstić information content (AvgIpc) is 2.76. The van der Waals surface area contributed by atoms with Crippen molar-refractivity contribution in [2.75, 3.05) is 6.61 Å². The summed E-state index contributed by atoms with van der Waals surface area (Å²) in [4.78, 5) is 12.1. The SMILES string of the molecule is Cc1c(Cl)cc(C(=O)NC2CCOC2C)cc1S(=O)(=O)Cl. The quantitative estimate of drug-likeness (QED) is 0.849. The van der Waals surface area contributed by atoms with Crippen LogP contribution >= 0.6 is 22.3 Å². The number of halogens is 2. The molecule has 0 radical (unpaired) electrons. The van der Waals surface area contributed by atoms with Crippen LogP contribution in [0, 0.1) is 6.92 Å². The molecule has 2 unspecified atom stereocenters. The summed E-state index contributed by atoms with van der Waals surface area (Å²) in [6, 6.07) is 2.56. The zero-order valence-corrected chi connectivity index (χ0v) is 13.8. The van der Waals surface area contributed by atoms with Crippen LogP contribution in [0.5, 0.6) is 0 Å². The van der Waals surface area contributed by atoms with Gasteiger partial charge in [0.25, 0.3) is 15.0 Å². The molecular formula is C13H15Cl2NO4S. The third kappa shape index (κ3) is 3.69. The number of rotatable bonds is 3. The summed E-state index contributed by atoms with van der Waals surface area (Å²) in [5.74, 6) is -0.402. The Labute approximate surface area is 133 Å². The second-order valence-corrected chi connectivity index (χ2v) is 7.91. The second-order valence-electron chi connectivity index (χ2n) is 4.96. The Balaban J connectivity index is 2.32. The molecule has 1 amide bonds. The summed E-state index contributed by atoms with van der Waals surface area (Å²) < 4.78 is 28.4. The fourth-order valence-electron chi connectivity index (χ4n) is 2.21.